The molecule has 2 aromatic heterocycles. The number of benzene rings is 4. The van der Waals surface area contributed by atoms with Crippen LogP contribution in [0.15, 0.2) is 84.9 Å². The Bertz CT molecular complexity index is 1700. The summed E-state index contributed by atoms with van der Waals surface area (Å²) in [6, 6.07) is 30.3. The van der Waals surface area contributed by atoms with Crippen molar-refractivity contribution < 1.29 is 0 Å². The van der Waals surface area contributed by atoms with Gasteiger partial charge in [0.2, 0.25) is 0 Å². The summed E-state index contributed by atoms with van der Waals surface area (Å²) in [6.07, 6.45) is 0. The Morgan fingerprint density at radius 1 is 0.750 bits per heavy atom. The van der Waals surface area contributed by atoms with E-state index in [-0.39, 0.29) is 5.41 Å². The second kappa shape index (κ2) is 6.05. The van der Waals surface area contributed by atoms with E-state index in [0.717, 1.165) is 21.4 Å². The van der Waals surface area contributed by atoms with Crippen molar-refractivity contribution in [3.63, 3.8) is 0 Å². The largest absolute Gasteiger partial charge is 0.354 e. The molecule has 1 aliphatic rings. The fourth-order valence-corrected chi connectivity index (χ4v) is 5.93. The van der Waals surface area contributed by atoms with Crippen LogP contribution in [0.4, 0.5) is 0 Å². The minimum Gasteiger partial charge on any atom is -0.354 e. The van der Waals surface area contributed by atoms with Gasteiger partial charge in [-0.25, -0.2) is 0 Å². The van der Waals surface area contributed by atoms with Gasteiger partial charge in [-0.1, -0.05) is 67.9 Å². The van der Waals surface area contributed by atoms with Crippen molar-refractivity contribution in [1.82, 2.24) is 9.55 Å². The van der Waals surface area contributed by atoms with E-state index in [0.29, 0.717) is 0 Å². The summed E-state index contributed by atoms with van der Waals surface area (Å²) in [5.74, 6) is 0. The summed E-state index contributed by atoms with van der Waals surface area (Å²) in [6.45, 7) is 4.70. The second-order valence-corrected chi connectivity index (χ2v) is 9.73. The molecule has 2 nitrogen and oxygen atoms in total. The van der Waals surface area contributed by atoms with Gasteiger partial charge in [-0.2, -0.15) is 0 Å². The van der Waals surface area contributed by atoms with E-state index in [9.17, 15) is 0 Å². The molecule has 7 rings (SSSR count). The monoisotopic (exact) mass is 432 g/mol. The van der Waals surface area contributed by atoms with Gasteiger partial charge < -0.3 is 9.55 Å². The number of rotatable bonds is 1. The first-order chi connectivity index (χ1) is 15.5. The number of aromatic amines is 1. The summed E-state index contributed by atoms with van der Waals surface area (Å²) >= 11 is 6.36. The van der Waals surface area contributed by atoms with Crippen molar-refractivity contribution in [1.29, 1.82) is 0 Å². The third-order valence-corrected chi connectivity index (χ3v) is 7.38. The first-order valence-corrected chi connectivity index (χ1v) is 11.4. The maximum atomic E-state index is 6.36. The van der Waals surface area contributed by atoms with Crippen molar-refractivity contribution in [3.05, 3.63) is 101 Å². The van der Waals surface area contributed by atoms with Gasteiger partial charge in [-0.15, -0.1) is 0 Å². The lowest BCUT2D eigenvalue weighted by atomic mass is 9.81. The summed E-state index contributed by atoms with van der Waals surface area (Å²) in [5.41, 5.74) is 10.0. The van der Waals surface area contributed by atoms with E-state index < -0.39 is 0 Å². The molecule has 3 heteroatoms. The van der Waals surface area contributed by atoms with Gasteiger partial charge in [-0.05, 0) is 53.6 Å². The Labute approximate surface area is 191 Å². The molecule has 1 aliphatic carbocycles. The number of H-pyrrole nitrogens is 1. The van der Waals surface area contributed by atoms with E-state index in [2.05, 4.69) is 102 Å². The Morgan fingerprint density at radius 3 is 2.34 bits per heavy atom. The van der Waals surface area contributed by atoms with Gasteiger partial charge in [0.15, 0.2) is 0 Å². The quantitative estimate of drug-likeness (QED) is 0.270. The maximum absolute atomic E-state index is 6.36. The SMILES string of the molecule is CC1(C)c2ccccc2-c2c1c1cc3[nH]c4ccc(Cl)cc4c3cc1n2-c1ccccc1. The zero-order valence-corrected chi connectivity index (χ0v) is 18.7. The molecule has 6 aromatic rings. The topological polar surface area (TPSA) is 20.7 Å². The van der Waals surface area contributed by atoms with Crippen LogP contribution in [0.3, 0.4) is 0 Å². The number of nitrogens with zero attached hydrogens (tertiary/aromatic N) is 1. The zero-order chi connectivity index (χ0) is 21.6. The van der Waals surface area contributed by atoms with Crippen molar-refractivity contribution in [3.8, 4) is 16.9 Å². The summed E-state index contributed by atoms with van der Waals surface area (Å²) in [4.78, 5) is 3.62. The predicted molar refractivity (Wildman–Crippen MR) is 135 cm³/mol. The molecule has 2 heterocycles. The molecule has 0 bridgehead atoms. The molecule has 0 aliphatic heterocycles. The first-order valence-electron chi connectivity index (χ1n) is 11.0. The first kappa shape index (κ1) is 18.1. The fourth-order valence-electron chi connectivity index (χ4n) is 5.76. The molecule has 0 spiro atoms. The van der Waals surface area contributed by atoms with Crippen LogP contribution in [0.2, 0.25) is 5.02 Å². The average molecular weight is 433 g/mol. The molecule has 1 N–H and O–H groups in total. The molecular formula is C29H21ClN2. The highest BCUT2D eigenvalue weighted by atomic mass is 35.5. The molecule has 0 amide bonds. The standard InChI is InChI=1S/C29H21ClN2/c1-29(2)23-11-7-6-10-19(23)28-27(29)22-15-25-21(20-14-17(30)12-13-24(20)31-25)16-26(22)32(28)18-8-4-3-5-9-18/h3-16,31H,1-2H3. The van der Waals surface area contributed by atoms with Gasteiger partial charge >= 0.3 is 0 Å². The highest BCUT2D eigenvalue weighted by Gasteiger charge is 2.40. The van der Waals surface area contributed by atoms with Crippen LogP contribution in [0, 0.1) is 0 Å². The second-order valence-electron chi connectivity index (χ2n) is 9.29. The van der Waals surface area contributed by atoms with Gasteiger partial charge in [0.05, 0.1) is 11.2 Å². The van der Waals surface area contributed by atoms with Crippen LogP contribution in [0.1, 0.15) is 25.0 Å². The molecule has 0 radical (unpaired) electrons. The number of aromatic nitrogens is 2. The van der Waals surface area contributed by atoms with Crippen LogP contribution in [-0.4, -0.2) is 9.55 Å². The van der Waals surface area contributed by atoms with E-state index in [1.54, 1.807) is 0 Å². The zero-order valence-electron chi connectivity index (χ0n) is 17.9. The molecule has 0 fully saturated rings. The van der Waals surface area contributed by atoms with Crippen LogP contribution < -0.4 is 0 Å². The van der Waals surface area contributed by atoms with Gasteiger partial charge in [0, 0.05) is 48.9 Å². The molecule has 4 aromatic carbocycles. The molecule has 32 heavy (non-hydrogen) atoms. The summed E-state index contributed by atoms with van der Waals surface area (Å²) in [5, 5.41) is 4.43. The van der Waals surface area contributed by atoms with Crippen molar-refractivity contribution in [2.45, 2.75) is 19.3 Å². The molecule has 154 valence electrons. The van der Waals surface area contributed by atoms with Crippen LogP contribution >= 0.6 is 11.6 Å². The van der Waals surface area contributed by atoms with E-state index >= 15 is 0 Å². The number of fused-ring (bicyclic) bond motifs is 8. The van der Waals surface area contributed by atoms with E-state index in [1.165, 1.54) is 44.4 Å². The van der Waals surface area contributed by atoms with Gasteiger partial charge in [-0.3, -0.25) is 0 Å². The number of para-hydroxylation sites is 1. The highest BCUT2D eigenvalue weighted by molar-refractivity contribution is 6.32. The molecule has 0 saturated heterocycles. The van der Waals surface area contributed by atoms with Crippen LogP contribution in [0.25, 0.3) is 49.7 Å². The van der Waals surface area contributed by atoms with Crippen molar-refractivity contribution >= 4 is 44.3 Å². The van der Waals surface area contributed by atoms with Crippen LogP contribution in [0.5, 0.6) is 0 Å². The normalized spacial score (nSPS) is 14.3. The Kier molecular flexibility index (Phi) is 3.43. The lowest BCUT2D eigenvalue weighted by molar-refractivity contribution is 0.666. The maximum Gasteiger partial charge on any atom is 0.0585 e. The number of halogens is 1. The minimum absolute atomic E-state index is 0.0762. The predicted octanol–water partition coefficient (Wildman–Crippen LogP) is 8.22. The smallest absolute Gasteiger partial charge is 0.0585 e. The number of hydrogen-bond donors (Lipinski definition) is 1. The average Bonchev–Trinajstić information content (AvgIpc) is 3.40. The van der Waals surface area contributed by atoms with Crippen molar-refractivity contribution in [2.75, 3.05) is 0 Å². The Hall–Kier alpha value is -3.49. The minimum atomic E-state index is -0.0762. The Morgan fingerprint density at radius 2 is 1.50 bits per heavy atom. The summed E-state index contributed by atoms with van der Waals surface area (Å²) < 4.78 is 2.45. The number of nitrogens with one attached hydrogen (secondary N) is 1. The fraction of sp³-hybridized carbons (Fsp3) is 0.103. The van der Waals surface area contributed by atoms with Gasteiger partial charge in [0.25, 0.3) is 0 Å². The third-order valence-electron chi connectivity index (χ3n) is 7.14. The summed E-state index contributed by atoms with van der Waals surface area (Å²) in [7, 11) is 0. The highest BCUT2D eigenvalue weighted by Crippen LogP contribution is 2.54. The van der Waals surface area contributed by atoms with E-state index in [4.69, 9.17) is 11.6 Å². The number of hydrogen-bond acceptors (Lipinski definition) is 0. The molecule has 0 atom stereocenters. The lowest BCUT2D eigenvalue weighted by Crippen LogP contribution is -2.14. The Balaban J connectivity index is 1.71. The van der Waals surface area contributed by atoms with E-state index in [1.807, 2.05) is 6.07 Å². The molecule has 0 unspecified atom stereocenters. The molecular weight excluding hydrogens is 412 g/mol. The van der Waals surface area contributed by atoms with Crippen LogP contribution in [-0.2, 0) is 5.41 Å². The van der Waals surface area contributed by atoms with Crippen molar-refractivity contribution in [2.24, 2.45) is 0 Å². The third kappa shape index (κ3) is 2.20. The van der Waals surface area contributed by atoms with Gasteiger partial charge in [0.1, 0.15) is 0 Å². The molecule has 0 saturated carbocycles. The lowest BCUT2D eigenvalue weighted by Gasteiger charge is -2.21.